The Morgan fingerprint density at radius 2 is 1.80 bits per heavy atom. The first-order valence-electron chi connectivity index (χ1n) is 9.56. The molecule has 1 amide bonds. The zero-order valence-electron chi connectivity index (χ0n) is 17.0. The molecule has 6 heteroatoms. The third-order valence-electron chi connectivity index (χ3n) is 4.32. The van der Waals surface area contributed by atoms with E-state index < -0.39 is 11.7 Å². The van der Waals surface area contributed by atoms with Gasteiger partial charge in [0.2, 0.25) is 0 Å². The van der Waals surface area contributed by atoms with Crippen molar-refractivity contribution in [3.8, 4) is 11.5 Å². The third-order valence-corrected chi connectivity index (χ3v) is 4.32. The largest absolute Gasteiger partial charge is 0.489 e. The minimum atomic E-state index is -0.473. The zero-order chi connectivity index (χ0) is 21.3. The summed E-state index contributed by atoms with van der Waals surface area (Å²) in [4.78, 5) is 12.7. The van der Waals surface area contributed by atoms with Crippen molar-refractivity contribution in [1.29, 1.82) is 0 Å². The van der Waals surface area contributed by atoms with Gasteiger partial charge in [0.15, 0.2) is 0 Å². The second-order valence-electron chi connectivity index (χ2n) is 6.74. The van der Waals surface area contributed by atoms with E-state index in [1.165, 1.54) is 18.2 Å². The molecule has 0 heterocycles. The van der Waals surface area contributed by atoms with Crippen LogP contribution >= 0.6 is 0 Å². The summed E-state index contributed by atoms with van der Waals surface area (Å²) in [5, 5.41) is 2.70. The van der Waals surface area contributed by atoms with E-state index in [0.29, 0.717) is 30.3 Å². The Hall–Kier alpha value is -3.38. The molecule has 1 N–H and O–H groups in total. The summed E-state index contributed by atoms with van der Waals surface area (Å²) in [6.07, 6.45) is 0. The van der Waals surface area contributed by atoms with Crippen LogP contribution in [0.4, 0.5) is 10.1 Å². The predicted octanol–water partition coefficient (Wildman–Crippen LogP) is 4.99. The van der Waals surface area contributed by atoms with E-state index in [9.17, 15) is 9.18 Å². The Morgan fingerprint density at radius 1 is 0.967 bits per heavy atom. The Labute approximate surface area is 175 Å². The van der Waals surface area contributed by atoms with Crippen molar-refractivity contribution in [2.45, 2.75) is 13.5 Å². The lowest BCUT2D eigenvalue weighted by molar-refractivity contribution is 0.102. The molecule has 0 aromatic heterocycles. The number of methoxy groups -OCH3 is 1. The fraction of sp³-hybridized carbons (Fsp3) is 0.208. The van der Waals surface area contributed by atoms with Crippen LogP contribution in [0, 0.1) is 12.7 Å². The number of nitrogens with one attached hydrogen (secondary N) is 1. The fourth-order valence-corrected chi connectivity index (χ4v) is 2.85. The number of benzene rings is 3. The maximum absolute atomic E-state index is 13.7. The van der Waals surface area contributed by atoms with Crippen molar-refractivity contribution >= 4 is 11.6 Å². The fourth-order valence-electron chi connectivity index (χ4n) is 2.85. The lowest BCUT2D eigenvalue weighted by Gasteiger charge is -2.13. The van der Waals surface area contributed by atoms with Crippen LogP contribution in [0.15, 0.2) is 66.7 Å². The van der Waals surface area contributed by atoms with Gasteiger partial charge in [-0.3, -0.25) is 4.79 Å². The van der Waals surface area contributed by atoms with E-state index in [2.05, 4.69) is 5.32 Å². The quantitative estimate of drug-likeness (QED) is 0.506. The van der Waals surface area contributed by atoms with Crippen LogP contribution in [-0.2, 0) is 11.3 Å². The van der Waals surface area contributed by atoms with E-state index in [1.54, 1.807) is 31.4 Å². The number of aryl methyl sites for hydroxylation is 1. The van der Waals surface area contributed by atoms with Crippen LogP contribution in [0.3, 0.4) is 0 Å². The second kappa shape index (κ2) is 10.4. The Balaban J connectivity index is 1.68. The number of amides is 1. The molecule has 0 aliphatic carbocycles. The van der Waals surface area contributed by atoms with E-state index >= 15 is 0 Å². The molecule has 156 valence electrons. The summed E-state index contributed by atoms with van der Waals surface area (Å²) >= 11 is 0. The maximum atomic E-state index is 13.7. The monoisotopic (exact) mass is 409 g/mol. The SMILES string of the molecule is COCCOc1ccc(F)cc1NC(=O)c1cccc(OCc2cccc(C)c2)c1. The first kappa shape index (κ1) is 21.3. The molecule has 3 aromatic rings. The van der Waals surface area contributed by atoms with Gasteiger partial charge in [-0.1, -0.05) is 35.9 Å². The molecule has 0 aliphatic heterocycles. The molecule has 0 fully saturated rings. The molecule has 0 aliphatic rings. The topological polar surface area (TPSA) is 56.8 Å². The van der Waals surface area contributed by atoms with Crippen LogP contribution < -0.4 is 14.8 Å². The molecule has 3 rings (SSSR count). The third kappa shape index (κ3) is 6.06. The van der Waals surface area contributed by atoms with Gasteiger partial charge in [0.05, 0.1) is 12.3 Å². The standard InChI is InChI=1S/C24H24FNO4/c1-17-5-3-6-18(13-17)16-30-21-8-4-7-19(14-21)24(27)26-22-15-20(25)9-10-23(22)29-12-11-28-2/h3-10,13-15H,11-12,16H2,1-2H3,(H,26,27). The maximum Gasteiger partial charge on any atom is 0.255 e. The molecular weight excluding hydrogens is 385 g/mol. The van der Waals surface area contributed by atoms with Crippen molar-refractivity contribution < 1.29 is 23.4 Å². The van der Waals surface area contributed by atoms with Gasteiger partial charge in [-0.2, -0.15) is 0 Å². The van der Waals surface area contributed by atoms with Crippen LogP contribution in [0.25, 0.3) is 0 Å². The van der Waals surface area contributed by atoms with Gasteiger partial charge in [-0.25, -0.2) is 4.39 Å². The van der Waals surface area contributed by atoms with Crippen LogP contribution in [0.2, 0.25) is 0 Å². The molecule has 0 bridgehead atoms. The van der Waals surface area contributed by atoms with Crippen LogP contribution in [-0.4, -0.2) is 26.2 Å². The van der Waals surface area contributed by atoms with Crippen molar-refractivity contribution in [2.24, 2.45) is 0 Å². The van der Waals surface area contributed by atoms with Gasteiger partial charge in [0, 0.05) is 18.7 Å². The number of carbonyl (C=O) groups excluding carboxylic acids is 1. The van der Waals surface area contributed by atoms with Crippen molar-refractivity contribution in [2.75, 3.05) is 25.6 Å². The normalized spacial score (nSPS) is 10.5. The van der Waals surface area contributed by atoms with E-state index in [1.807, 2.05) is 31.2 Å². The Morgan fingerprint density at radius 3 is 2.60 bits per heavy atom. The smallest absolute Gasteiger partial charge is 0.255 e. The molecular formula is C24H24FNO4. The molecule has 0 atom stereocenters. The number of carbonyl (C=O) groups is 1. The van der Waals surface area contributed by atoms with Crippen molar-refractivity contribution in [3.05, 3.63) is 89.2 Å². The first-order valence-corrected chi connectivity index (χ1v) is 9.56. The molecule has 0 saturated carbocycles. The predicted molar refractivity (Wildman–Crippen MR) is 114 cm³/mol. The number of halogens is 1. The van der Waals surface area contributed by atoms with Crippen LogP contribution in [0.1, 0.15) is 21.5 Å². The summed E-state index contributed by atoms with van der Waals surface area (Å²) in [5.74, 6) is 0.0754. The molecule has 0 unspecified atom stereocenters. The van der Waals surface area contributed by atoms with Crippen molar-refractivity contribution in [3.63, 3.8) is 0 Å². The molecule has 0 saturated heterocycles. The summed E-state index contributed by atoms with van der Waals surface area (Å²) in [6.45, 7) is 3.08. The van der Waals surface area contributed by atoms with Crippen molar-refractivity contribution in [1.82, 2.24) is 0 Å². The molecule has 0 spiro atoms. The van der Waals surface area contributed by atoms with Gasteiger partial charge in [0.25, 0.3) is 5.91 Å². The van der Waals surface area contributed by atoms with E-state index in [-0.39, 0.29) is 12.3 Å². The number of hydrogen-bond acceptors (Lipinski definition) is 4. The highest BCUT2D eigenvalue weighted by atomic mass is 19.1. The summed E-state index contributed by atoms with van der Waals surface area (Å²) < 4.78 is 30.0. The second-order valence-corrected chi connectivity index (χ2v) is 6.74. The lowest BCUT2D eigenvalue weighted by Crippen LogP contribution is -2.14. The van der Waals surface area contributed by atoms with E-state index in [4.69, 9.17) is 14.2 Å². The van der Waals surface area contributed by atoms with Gasteiger partial charge in [-0.15, -0.1) is 0 Å². The average molecular weight is 409 g/mol. The summed E-state index contributed by atoms with van der Waals surface area (Å²) in [7, 11) is 1.56. The summed E-state index contributed by atoms with van der Waals surface area (Å²) in [6, 6.07) is 18.8. The number of hydrogen-bond donors (Lipinski definition) is 1. The Bertz CT molecular complexity index is 1010. The highest BCUT2D eigenvalue weighted by Crippen LogP contribution is 2.26. The van der Waals surface area contributed by atoms with E-state index in [0.717, 1.165) is 11.1 Å². The minimum Gasteiger partial charge on any atom is -0.489 e. The average Bonchev–Trinajstić information content (AvgIpc) is 2.74. The van der Waals surface area contributed by atoms with Gasteiger partial charge < -0.3 is 19.5 Å². The van der Waals surface area contributed by atoms with Gasteiger partial charge in [-0.05, 0) is 42.8 Å². The van der Waals surface area contributed by atoms with Gasteiger partial charge in [0.1, 0.15) is 30.5 Å². The molecule has 5 nitrogen and oxygen atoms in total. The molecule has 0 radical (unpaired) electrons. The Kier molecular flexibility index (Phi) is 7.40. The summed E-state index contributed by atoms with van der Waals surface area (Å²) in [5.41, 5.74) is 2.84. The highest BCUT2D eigenvalue weighted by Gasteiger charge is 2.12. The molecule has 30 heavy (non-hydrogen) atoms. The number of ether oxygens (including phenoxy) is 3. The molecule has 3 aromatic carbocycles. The van der Waals surface area contributed by atoms with Crippen LogP contribution in [0.5, 0.6) is 11.5 Å². The van der Waals surface area contributed by atoms with Gasteiger partial charge >= 0.3 is 0 Å². The first-order chi connectivity index (χ1) is 14.5. The highest BCUT2D eigenvalue weighted by molar-refractivity contribution is 6.05. The number of anilines is 1. The number of rotatable bonds is 9. The lowest BCUT2D eigenvalue weighted by atomic mass is 10.1. The zero-order valence-corrected chi connectivity index (χ0v) is 17.0. The minimum absolute atomic E-state index is 0.252.